The molecule has 122 valence electrons. The summed E-state index contributed by atoms with van der Waals surface area (Å²) in [7, 11) is 0. The fraction of sp³-hybridized carbons (Fsp3) is 0.235. The third-order valence-corrected chi connectivity index (χ3v) is 4.32. The van der Waals surface area contributed by atoms with Gasteiger partial charge in [0.1, 0.15) is 0 Å². The van der Waals surface area contributed by atoms with Crippen LogP contribution in [0.5, 0.6) is 0 Å². The van der Waals surface area contributed by atoms with Crippen molar-refractivity contribution in [3.63, 3.8) is 0 Å². The Kier molecular flexibility index (Phi) is 3.61. The van der Waals surface area contributed by atoms with Crippen LogP contribution >= 0.6 is 11.6 Å². The van der Waals surface area contributed by atoms with Crippen molar-refractivity contribution in [2.75, 3.05) is 0 Å². The smallest absolute Gasteiger partial charge is 0.317 e. The van der Waals surface area contributed by atoms with Crippen LogP contribution < -0.4 is 0 Å². The molecule has 24 heavy (non-hydrogen) atoms. The molecule has 2 heterocycles. The summed E-state index contributed by atoms with van der Waals surface area (Å²) in [5.74, 6) is 0.661. The van der Waals surface area contributed by atoms with E-state index in [0.29, 0.717) is 10.8 Å². The second-order valence-electron chi connectivity index (χ2n) is 5.64. The summed E-state index contributed by atoms with van der Waals surface area (Å²) in [6.45, 7) is -0.0676. The zero-order valence-corrected chi connectivity index (χ0v) is 13.3. The van der Waals surface area contributed by atoms with Crippen molar-refractivity contribution in [1.29, 1.82) is 0 Å². The van der Waals surface area contributed by atoms with E-state index >= 15 is 0 Å². The van der Waals surface area contributed by atoms with Crippen molar-refractivity contribution < 1.29 is 18.4 Å². The fourth-order valence-electron chi connectivity index (χ4n) is 2.58. The van der Waals surface area contributed by atoms with Gasteiger partial charge in [-0.3, -0.25) is 4.79 Å². The van der Waals surface area contributed by atoms with Crippen LogP contribution in [0.1, 0.15) is 24.3 Å². The van der Waals surface area contributed by atoms with Gasteiger partial charge in [-0.1, -0.05) is 23.7 Å². The van der Waals surface area contributed by atoms with E-state index in [4.69, 9.17) is 25.2 Å². The molecule has 1 saturated carbocycles. The molecule has 0 spiro atoms. The monoisotopic (exact) mass is 344 g/mol. The third-order valence-electron chi connectivity index (χ3n) is 4.06. The standard InChI is InChI=1S/C17H13ClN2O4/c18-12-5-3-11(4-6-12)17(7-8-17)16(21)23-10-14-19-20-15(24-14)13-2-1-9-22-13/h1-6,9H,7-8,10H2. The van der Waals surface area contributed by atoms with Gasteiger partial charge in [0.05, 0.1) is 11.7 Å². The lowest BCUT2D eigenvalue weighted by Crippen LogP contribution is -2.23. The van der Waals surface area contributed by atoms with Gasteiger partial charge in [0.2, 0.25) is 0 Å². The van der Waals surface area contributed by atoms with E-state index in [1.165, 1.54) is 6.26 Å². The Morgan fingerprint density at radius 1 is 1.21 bits per heavy atom. The zero-order chi connectivity index (χ0) is 16.6. The van der Waals surface area contributed by atoms with Crippen molar-refractivity contribution in [2.45, 2.75) is 24.9 Å². The lowest BCUT2D eigenvalue weighted by Gasteiger charge is -2.14. The van der Waals surface area contributed by atoms with E-state index in [1.807, 2.05) is 12.1 Å². The molecule has 0 N–H and O–H groups in total. The zero-order valence-electron chi connectivity index (χ0n) is 12.6. The van der Waals surface area contributed by atoms with Crippen molar-refractivity contribution in [1.82, 2.24) is 10.2 Å². The number of benzene rings is 1. The molecule has 0 bridgehead atoms. The van der Waals surface area contributed by atoms with Gasteiger partial charge in [-0.2, -0.15) is 0 Å². The molecule has 7 heteroatoms. The molecule has 2 aromatic heterocycles. The lowest BCUT2D eigenvalue weighted by atomic mass is 9.96. The number of furan rings is 1. The molecule has 3 aromatic rings. The maximum absolute atomic E-state index is 12.5. The largest absolute Gasteiger partial charge is 0.459 e. The highest BCUT2D eigenvalue weighted by Gasteiger charge is 2.52. The maximum Gasteiger partial charge on any atom is 0.317 e. The first-order valence-corrected chi connectivity index (χ1v) is 7.85. The predicted molar refractivity (Wildman–Crippen MR) is 84.2 cm³/mol. The third kappa shape index (κ3) is 2.69. The maximum atomic E-state index is 12.5. The minimum Gasteiger partial charge on any atom is -0.459 e. The molecule has 1 fully saturated rings. The topological polar surface area (TPSA) is 78.4 Å². The van der Waals surface area contributed by atoms with Gasteiger partial charge in [0.15, 0.2) is 12.4 Å². The first-order chi connectivity index (χ1) is 11.7. The number of ether oxygens (including phenoxy) is 1. The van der Waals surface area contributed by atoms with Gasteiger partial charge < -0.3 is 13.6 Å². The van der Waals surface area contributed by atoms with Gasteiger partial charge >= 0.3 is 5.97 Å². The second-order valence-corrected chi connectivity index (χ2v) is 6.08. The van der Waals surface area contributed by atoms with Crippen LogP contribution in [-0.2, 0) is 21.6 Å². The summed E-state index contributed by atoms with van der Waals surface area (Å²) in [5.41, 5.74) is 0.341. The van der Waals surface area contributed by atoms with E-state index in [9.17, 15) is 4.79 Å². The molecule has 1 aromatic carbocycles. The predicted octanol–water partition coefficient (Wildman–Crippen LogP) is 3.76. The van der Waals surface area contributed by atoms with Crippen LogP contribution in [0.4, 0.5) is 0 Å². The SMILES string of the molecule is O=C(OCc1nnc(-c2ccco2)o1)C1(c2ccc(Cl)cc2)CC1. The van der Waals surface area contributed by atoms with Crippen LogP contribution in [0.15, 0.2) is 51.5 Å². The minimum absolute atomic E-state index is 0.0676. The molecule has 6 nitrogen and oxygen atoms in total. The number of halogens is 1. The second kappa shape index (κ2) is 5.79. The summed E-state index contributed by atoms with van der Waals surface area (Å²) in [4.78, 5) is 12.5. The van der Waals surface area contributed by atoms with Crippen LogP contribution in [0.3, 0.4) is 0 Å². The molecule has 4 rings (SSSR count). The molecular weight excluding hydrogens is 332 g/mol. The summed E-state index contributed by atoms with van der Waals surface area (Å²) in [6, 6.07) is 10.7. The highest BCUT2D eigenvalue weighted by molar-refractivity contribution is 6.30. The van der Waals surface area contributed by atoms with Crippen LogP contribution in [0, 0.1) is 0 Å². The highest BCUT2D eigenvalue weighted by Crippen LogP contribution is 2.49. The number of carbonyl (C=O) groups excluding carboxylic acids is 1. The molecular formula is C17H13ClN2O4. The van der Waals surface area contributed by atoms with Crippen LogP contribution in [0.2, 0.25) is 5.02 Å². The molecule has 0 saturated heterocycles. The van der Waals surface area contributed by atoms with Crippen molar-refractivity contribution >= 4 is 17.6 Å². The molecule has 0 atom stereocenters. The van der Waals surface area contributed by atoms with E-state index in [-0.39, 0.29) is 24.4 Å². The summed E-state index contributed by atoms with van der Waals surface area (Å²) >= 11 is 5.90. The Balaban J connectivity index is 1.43. The van der Waals surface area contributed by atoms with E-state index < -0.39 is 5.41 Å². The first kappa shape index (κ1) is 15.0. The van der Waals surface area contributed by atoms with Gasteiger partial charge in [-0.15, -0.1) is 10.2 Å². The Morgan fingerprint density at radius 3 is 2.67 bits per heavy atom. The van der Waals surface area contributed by atoms with E-state index in [2.05, 4.69) is 10.2 Å². The van der Waals surface area contributed by atoms with Gasteiger partial charge in [0.25, 0.3) is 11.8 Å². The van der Waals surface area contributed by atoms with E-state index in [0.717, 1.165) is 18.4 Å². The number of hydrogen-bond acceptors (Lipinski definition) is 6. The Bertz CT molecular complexity index is 851. The lowest BCUT2D eigenvalue weighted by molar-refractivity contribution is -0.148. The number of nitrogens with zero attached hydrogens (tertiary/aromatic N) is 2. The Morgan fingerprint density at radius 2 is 2.00 bits per heavy atom. The summed E-state index contributed by atoms with van der Waals surface area (Å²) in [6.07, 6.45) is 3.03. The normalized spacial score (nSPS) is 15.2. The average Bonchev–Trinajstić information content (AvgIpc) is 3.00. The Labute approximate surface area is 142 Å². The summed E-state index contributed by atoms with van der Waals surface area (Å²) in [5, 5.41) is 8.36. The van der Waals surface area contributed by atoms with Crippen LogP contribution in [0.25, 0.3) is 11.7 Å². The van der Waals surface area contributed by atoms with Crippen molar-refractivity contribution in [3.05, 3.63) is 59.1 Å². The van der Waals surface area contributed by atoms with Gasteiger partial charge in [-0.25, -0.2) is 0 Å². The summed E-state index contributed by atoms with van der Waals surface area (Å²) < 4.78 is 16.0. The quantitative estimate of drug-likeness (QED) is 0.656. The van der Waals surface area contributed by atoms with Gasteiger partial charge in [-0.05, 0) is 42.7 Å². The Hall–Kier alpha value is -2.60. The minimum atomic E-state index is -0.575. The molecule has 1 aliphatic carbocycles. The molecule has 0 amide bonds. The molecule has 0 unspecified atom stereocenters. The average molecular weight is 345 g/mol. The van der Waals surface area contributed by atoms with E-state index in [1.54, 1.807) is 24.3 Å². The fourth-order valence-corrected chi connectivity index (χ4v) is 2.71. The number of rotatable bonds is 5. The van der Waals surface area contributed by atoms with Crippen molar-refractivity contribution in [2.24, 2.45) is 0 Å². The number of hydrogen-bond donors (Lipinski definition) is 0. The van der Waals surface area contributed by atoms with Gasteiger partial charge in [0, 0.05) is 5.02 Å². The number of aromatic nitrogens is 2. The highest BCUT2D eigenvalue weighted by atomic mass is 35.5. The molecule has 0 aliphatic heterocycles. The number of esters is 1. The molecule has 1 aliphatic rings. The first-order valence-electron chi connectivity index (χ1n) is 7.47. The molecule has 0 radical (unpaired) electrons. The van der Waals surface area contributed by atoms with Crippen molar-refractivity contribution in [3.8, 4) is 11.7 Å². The van der Waals surface area contributed by atoms with Crippen LogP contribution in [-0.4, -0.2) is 16.2 Å². The number of carbonyl (C=O) groups is 1.